The number of rotatable bonds is 1. The van der Waals surface area contributed by atoms with Crippen molar-refractivity contribution in [1.82, 2.24) is 4.98 Å². The minimum Gasteiger partial charge on any atom is -0.251 e. The SMILES string of the molecule is CC(C)(C)c1nc(-c2ccccc2)ccc1I. The van der Waals surface area contributed by atoms with Crippen LogP contribution in [0.15, 0.2) is 42.5 Å². The van der Waals surface area contributed by atoms with Crippen LogP contribution in [-0.4, -0.2) is 4.98 Å². The van der Waals surface area contributed by atoms with E-state index in [0.29, 0.717) is 0 Å². The van der Waals surface area contributed by atoms with E-state index >= 15 is 0 Å². The Hall–Kier alpha value is -0.900. The van der Waals surface area contributed by atoms with Crippen molar-refractivity contribution in [3.05, 3.63) is 51.7 Å². The van der Waals surface area contributed by atoms with Crippen LogP contribution in [0.4, 0.5) is 0 Å². The lowest BCUT2D eigenvalue weighted by atomic mass is 9.91. The Balaban J connectivity index is 2.53. The molecule has 0 spiro atoms. The summed E-state index contributed by atoms with van der Waals surface area (Å²) < 4.78 is 1.23. The molecule has 88 valence electrons. The summed E-state index contributed by atoms with van der Waals surface area (Å²) in [7, 11) is 0. The summed E-state index contributed by atoms with van der Waals surface area (Å²) in [5, 5.41) is 0. The third-order valence-corrected chi connectivity index (χ3v) is 3.50. The minimum atomic E-state index is 0.0846. The van der Waals surface area contributed by atoms with Crippen LogP contribution in [0.5, 0.6) is 0 Å². The molecule has 0 aliphatic rings. The van der Waals surface area contributed by atoms with Crippen molar-refractivity contribution < 1.29 is 0 Å². The molecule has 0 unspecified atom stereocenters. The van der Waals surface area contributed by atoms with E-state index in [4.69, 9.17) is 4.98 Å². The van der Waals surface area contributed by atoms with Crippen LogP contribution in [0, 0.1) is 3.57 Å². The average Bonchev–Trinajstić information content (AvgIpc) is 2.29. The van der Waals surface area contributed by atoms with Crippen molar-refractivity contribution in [3.8, 4) is 11.3 Å². The Morgan fingerprint density at radius 3 is 2.18 bits per heavy atom. The van der Waals surface area contributed by atoms with Gasteiger partial charge in [-0.15, -0.1) is 0 Å². The van der Waals surface area contributed by atoms with Gasteiger partial charge in [-0.1, -0.05) is 51.1 Å². The van der Waals surface area contributed by atoms with Crippen molar-refractivity contribution >= 4 is 22.6 Å². The van der Waals surface area contributed by atoms with E-state index in [-0.39, 0.29) is 5.41 Å². The lowest BCUT2D eigenvalue weighted by molar-refractivity contribution is 0.566. The van der Waals surface area contributed by atoms with Gasteiger partial charge in [0.15, 0.2) is 0 Å². The van der Waals surface area contributed by atoms with E-state index in [1.807, 2.05) is 18.2 Å². The van der Waals surface area contributed by atoms with Crippen LogP contribution in [0.3, 0.4) is 0 Å². The highest BCUT2D eigenvalue weighted by molar-refractivity contribution is 14.1. The molecular weight excluding hydrogens is 321 g/mol. The van der Waals surface area contributed by atoms with Gasteiger partial charge in [-0.3, -0.25) is 4.98 Å². The van der Waals surface area contributed by atoms with Gasteiger partial charge in [0.25, 0.3) is 0 Å². The second-order valence-corrected chi connectivity index (χ2v) is 6.31. The standard InChI is InChI=1S/C15H16IN/c1-15(2,3)14-12(16)9-10-13(17-14)11-7-5-4-6-8-11/h4-10H,1-3H3. The zero-order valence-electron chi connectivity index (χ0n) is 10.4. The second kappa shape index (κ2) is 4.77. The van der Waals surface area contributed by atoms with Crippen molar-refractivity contribution in [2.45, 2.75) is 26.2 Å². The average molecular weight is 337 g/mol. The predicted molar refractivity (Wildman–Crippen MR) is 81.1 cm³/mol. The van der Waals surface area contributed by atoms with Crippen LogP contribution in [0.2, 0.25) is 0 Å². The molecular formula is C15H16IN. The van der Waals surface area contributed by atoms with Crippen LogP contribution < -0.4 is 0 Å². The summed E-state index contributed by atoms with van der Waals surface area (Å²) >= 11 is 2.36. The third kappa shape index (κ3) is 2.86. The van der Waals surface area contributed by atoms with E-state index in [1.165, 1.54) is 14.8 Å². The van der Waals surface area contributed by atoms with Gasteiger partial charge in [0, 0.05) is 14.5 Å². The summed E-state index contributed by atoms with van der Waals surface area (Å²) in [5.41, 5.74) is 3.48. The number of pyridine rings is 1. The topological polar surface area (TPSA) is 12.9 Å². The fourth-order valence-electron chi connectivity index (χ4n) is 1.74. The maximum Gasteiger partial charge on any atom is 0.0706 e. The smallest absolute Gasteiger partial charge is 0.0706 e. The summed E-state index contributed by atoms with van der Waals surface area (Å²) in [6, 6.07) is 14.6. The van der Waals surface area contributed by atoms with Crippen LogP contribution in [-0.2, 0) is 5.41 Å². The third-order valence-electron chi connectivity index (χ3n) is 2.63. The van der Waals surface area contributed by atoms with Gasteiger partial charge < -0.3 is 0 Å². The molecule has 0 saturated carbocycles. The largest absolute Gasteiger partial charge is 0.251 e. The molecule has 2 aromatic rings. The molecule has 1 aromatic carbocycles. The predicted octanol–water partition coefficient (Wildman–Crippen LogP) is 4.65. The molecule has 0 atom stereocenters. The van der Waals surface area contributed by atoms with E-state index in [1.54, 1.807) is 0 Å². The molecule has 1 nitrogen and oxygen atoms in total. The molecule has 0 saturated heterocycles. The first-order chi connectivity index (χ1) is 7.98. The highest BCUT2D eigenvalue weighted by Gasteiger charge is 2.19. The molecule has 2 heteroatoms. The molecule has 1 heterocycles. The van der Waals surface area contributed by atoms with Crippen molar-refractivity contribution in [3.63, 3.8) is 0 Å². The number of aromatic nitrogens is 1. The second-order valence-electron chi connectivity index (χ2n) is 5.14. The molecule has 17 heavy (non-hydrogen) atoms. The molecule has 1 aromatic heterocycles. The molecule has 0 N–H and O–H groups in total. The van der Waals surface area contributed by atoms with Gasteiger partial charge in [-0.2, -0.15) is 0 Å². The van der Waals surface area contributed by atoms with Crippen LogP contribution >= 0.6 is 22.6 Å². The molecule has 0 fully saturated rings. The van der Waals surface area contributed by atoms with Crippen molar-refractivity contribution in [1.29, 1.82) is 0 Å². The quantitative estimate of drug-likeness (QED) is 0.690. The summed E-state index contributed by atoms with van der Waals surface area (Å²) in [4.78, 5) is 4.81. The lowest BCUT2D eigenvalue weighted by Gasteiger charge is -2.20. The van der Waals surface area contributed by atoms with Crippen molar-refractivity contribution in [2.24, 2.45) is 0 Å². The highest BCUT2D eigenvalue weighted by atomic mass is 127. The summed E-state index contributed by atoms with van der Waals surface area (Å²) in [5.74, 6) is 0. The molecule has 0 aliphatic heterocycles. The van der Waals surface area contributed by atoms with Gasteiger partial charge in [-0.25, -0.2) is 0 Å². The molecule has 0 amide bonds. The van der Waals surface area contributed by atoms with Crippen molar-refractivity contribution in [2.75, 3.05) is 0 Å². The van der Waals surface area contributed by atoms with Gasteiger partial charge in [0.1, 0.15) is 0 Å². The molecule has 0 radical (unpaired) electrons. The first-order valence-electron chi connectivity index (χ1n) is 5.71. The Morgan fingerprint density at radius 2 is 1.59 bits per heavy atom. The Labute approximate surface area is 116 Å². The normalized spacial score (nSPS) is 11.5. The van der Waals surface area contributed by atoms with E-state index < -0.39 is 0 Å². The summed E-state index contributed by atoms with van der Waals surface area (Å²) in [6.07, 6.45) is 0. The van der Waals surface area contributed by atoms with Gasteiger partial charge in [0.05, 0.1) is 11.4 Å². The first-order valence-corrected chi connectivity index (χ1v) is 6.79. The number of benzene rings is 1. The monoisotopic (exact) mass is 337 g/mol. The summed E-state index contributed by atoms with van der Waals surface area (Å²) in [6.45, 7) is 6.60. The highest BCUT2D eigenvalue weighted by Crippen LogP contribution is 2.28. The Kier molecular flexibility index (Phi) is 3.52. The van der Waals surface area contributed by atoms with Gasteiger partial charge in [0.2, 0.25) is 0 Å². The Bertz CT molecular complexity index is 512. The fraction of sp³-hybridized carbons (Fsp3) is 0.267. The van der Waals surface area contributed by atoms with E-state index in [0.717, 1.165) is 5.69 Å². The zero-order valence-corrected chi connectivity index (χ0v) is 12.5. The molecule has 0 aliphatic carbocycles. The fourth-order valence-corrected chi connectivity index (χ4v) is 2.85. The molecule has 0 bridgehead atoms. The minimum absolute atomic E-state index is 0.0846. The number of hydrogen-bond donors (Lipinski definition) is 0. The number of nitrogens with zero attached hydrogens (tertiary/aromatic N) is 1. The van der Waals surface area contributed by atoms with Gasteiger partial charge >= 0.3 is 0 Å². The Morgan fingerprint density at radius 1 is 0.941 bits per heavy atom. The number of hydrogen-bond acceptors (Lipinski definition) is 1. The van der Waals surface area contributed by atoms with E-state index in [9.17, 15) is 0 Å². The molecule has 2 rings (SSSR count). The first kappa shape index (κ1) is 12.6. The van der Waals surface area contributed by atoms with E-state index in [2.05, 4.69) is 67.6 Å². The number of halogens is 1. The van der Waals surface area contributed by atoms with Crippen LogP contribution in [0.25, 0.3) is 11.3 Å². The van der Waals surface area contributed by atoms with Gasteiger partial charge in [-0.05, 0) is 34.7 Å². The lowest BCUT2D eigenvalue weighted by Crippen LogP contribution is -2.15. The zero-order chi connectivity index (χ0) is 12.5. The maximum absolute atomic E-state index is 4.81. The maximum atomic E-state index is 4.81. The van der Waals surface area contributed by atoms with Crippen LogP contribution in [0.1, 0.15) is 26.5 Å².